The number of hydrogen-bond acceptors (Lipinski definition) is 4. The van der Waals surface area contributed by atoms with Gasteiger partial charge >= 0.3 is 12.1 Å². The number of imide groups is 2. The largest absolute Gasteiger partial charge is 0.331 e. The van der Waals surface area contributed by atoms with E-state index in [4.69, 9.17) is 0 Å². The van der Waals surface area contributed by atoms with E-state index in [9.17, 15) is 19.2 Å². The van der Waals surface area contributed by atoms with Crippen molar-refractivity contribution in [3.8, 4) is 0 Å². The van der Waals surface area contributed by atoms with Crippen LogP contribution < -0.4 is 10.6 Å². The molecule has 2 fully saturated rings. The number of carbonyl (C=O) groups is 4. The molecular formula is C38H40N4O4. The van der Waals surface area contributed by atoms with Gasteiger partial charge in [-0.05, 0) is 48.9 Å². The van der Waals surface area contributed by atoms with E-state index < -0.39 is 0 Å². The van der Waals surface area contributed by atoms with E-state index in [1.54, 1.807) is 0 Å². The van der Waals surface area contributed by atoms with Crippen LogP contribution in [0, 0.1) is 0 Å². The molecule has 0 bridgehead atoms. The molecule has 0 spiro atoms. The quantitative estimate of drug-likeness (QED) is 0.233. The van der Waals surface area contributed by atoms with Gasteiger partial charge in [0.05, 0.1) is 24.2 Å². The normalized spacial score (nSPS) is 18.7. The highest BCUT2D eigenvalue weighted by Crippen LogP contribution is 2.34. The molecule has 6 rings (SSSR count). The van der Waals surface area contributed by atoms with E-state index in [-0.39, 0.29) is 48.0 Å². The zero-order valence-corrected chi connectivity index (χ0v) is 26.2. The van der Waals surface area contributed by atoms with Gasteiger partial charge in [0, 0.05) is 12.8 Å². The minimum Gasteiger partial charge on any atom is -0.331 e. The summed E-state index contributed by atoms with van der Waals surface area (Å²) in [6.07, 6.45) is 2.17. The molecule has 0 radical (unpaired) electrons. The van der Waals surface area contributed by atoms with Gasteiger partial charge in [0.2, 0.25) is 11.8 Å². The Labute approximate surface area is 270 Å². The van der Waals surface area contributed by atoms with Gasteiger partial charge in [-0.25, -0.2) is 9.59 Å². The van der Waals surface area contributed by atoms with Gasteiger partial charge in [0.15, 0.2) is 0 Å². The number of carbonyl (C=O) groups excluding carboxylic acids is 4. The van der Waals surface area contributed by atoms with E-state index in [1.807, 2.05) is 135 Å². The lowest BCUT2D eigenvalue weighted by Crippen LogP contribution is -2.42. The lowest BCUT2D eigenvalue weighted by molar-refractivity contribution is -0.127. The number of benzene rings is 4. The van der Waals surface area contributed by atoms with Crippen LogP contribution in [0.1, 0.15) is 86.0 Å². The van der Waals surface area contributed by atoms with E-state index in [0.717, 1.165) is 22.3 Å². The average molecular weight is 617 g/mol. The Kier molecular flexibility index (Phi) is 10.6. The Morgan fingerprint density at radius 2 is 0.848 bits per heavy atom. The molecule has 0 aliphatic carbocycles. The third kappa shape index (κ3) is 7.69. The standard InChI is InChI=1S/2C19H20N2O2/c2*1-14(15-8-4-2-5-9-15)20-19(23)21-17(12-13-18(21)22)16-10-6-3-7-11-16/h2*2-11,14,17H,12-13H2,1H3,(H,20,23)/t2*14-,17-/m00/s1. The van der Waals surface area contributed by atoms with Gasteiger partial charge in [-0.3, -0.25) is 19.4 Å². The van der Waals surface area contributed by atoms with Crippen molar-refractivity contribution in [1.29, 1.82) is 0 Å². The van der Waals surface area contributed by atoms with Crippen LogP contribution in [0.5, 0.6) is 0 Å². The highest BCUT2D eigenvalue weighted by atomic mass is 16.2. The predicted molar refractivity (Wildman–Crippen MR) is 177 cm³/mol. The summed E-state index contributed by atoms with van der Waals surface area (Å²) in [6, 6.07) is 37.6. The number of urea groups is 2. The lowest BCUT2D eigenvalue weighted by Gasteiger charge is -2.25. The fourth-order valence-corrected chi connectivity index (χ4v) is 6.02. The molecule has 236 valence electrons. The second-order valence-electron chi connectivity index (χ2n) is 11.6. The summed E-state index contributed by atoms with van der Waals surface area (Å²) in [4.78, 5) is 52.3. The predicted octanol–water partition coefficient (Wildman–Crippen LogP) is 7.64. The monoisotopic (exact) mass is 616 g/mol. The highest BCUT2D eigenvalue weighted by Gasteiger charge is 2.38. The van der Waals surface area contributed by atoms with E-state index in [1.165, 1.54) is 9.80 Å². The van der Waals surface area contributed by atoms with Crippen molar-refractivity contribution in [2.45, 2.75) is 63.7 Å². The molecule has 4 aromatic rings. The minimum atomic E-state index is -0.322. The zero-order chi connectivity index (χ0) is 32.5. The second kappa shape index (κ2) is 15.2. The summed E-state index contributed by atoms with van der Waals surface area (Å²) >= 11 is 0. The average Bonchev–Trinajstić information content (AvgIpc) is 3.69. The third-order valence-corrected chi connectivity index (χ3v) is 8.51. The van der Waals surface area contributed by atoms with Gasteiger partial charge in [-0.15, -0.1) is 0 Å². The molecule has 4 atom stereocenters. The minimum absolute atomic E-state index is 0.114. The Hall–Kier alpha value is -5.24. The molecular weight excluding hydrogens is 576 g/mol. The highest BCUT2D eigenvalue weighted by molar-refractivity contribution is 5.97. The van der Waals surface area contributed by atoms with Crippen molar-refractivity contribution in [1.82, 2.24) is 20.4 Å². The van der Waals surface area contributed by atoms with Gasteiger partial charge in [-0.1, -0.05) is 121 Å². The smallest absolute Gasteiger partial charge is 0.325 e. The topological polar surface area (TPSA) is 98.8 Å². The van der Waals surface area contributed by atoms with Crippen molar-refractivity contribution >= 4 is 23.9 Å². The van der Waals surface area contributed by atoms with Crippen LogP contribution in [0.2, 0.25) is 0 Å². The summed E-state index contributed by atoms with van der Waals surface area (Å²) < 4.78 is 0. The first-order chi connectivity index (χ1) is 22.3. The molecule has 0 unspecified atom stereocenters. The van der Waals surface area contributed by atoms with Gasteiger partial charge in [0.1, 0.15) is 0 Å². The van der Waals surface area contributed by atoms with Crippen LogP contribution >= 0.6 is 0 Å². The maximum absolute atomic E-state index is 12.6. The summed E-state index contributed by atoms with van der Waals surface area (Å²) in [5.41, 5.74) is 4.04. The van der Waals surface area contributed by atoms with Gasteiger partial charge < -0.3 is 10.6 Å². The maximum atomic E-state index is 12.6. The number of likely N-dealkylation sites (tertiary alicyclic amines) is 2. The first-order valence-corrected chi connectivity index (χ1v) is 15.8. The molecule has 2 heterocycles. The lowest BCUT2D eigenvalue weighted by atomic mass is 10.0. The Morgan fingerprint density at radius 1 is 0.543 bits per heavy atom. The Bertz CT molecular complexity index is 1490. The molecule has 46 heavy (non-hydrogen) atoms. The van der Waals surface area contributed by atoms with Crippen LogP contribution in [-0.4, -0.2) is 33.7 Å². The summed E-state index contributed by atoms with van der Waals surface area (Å²) in [6.45, 7) is 3.84. The van der Waals surface area contributed by atoms with E-state index in [2.05, 4.69) is 10.6 Å². The molecule has 2 saturated heterocycles. The fourth-order valence-electron chi connectivity index (χ4n) is 6.02. The van der Waals surface area contributed by atoms with E-state index in [0.29, 0.717) is 25.7 Å². The molecule has 8 nitrogen and oxygen atoms in total. The number of hydrogen-bond donors (Lipinski definition) is 2. The summed E-state index contributed by atoms with van der Waals surface area (Å²) in [7, 11) is 0. The molecule has 0 saturated carbocycles. The SMILES string of the molecule is C[C@H](NC(=O)N1C(=O)CC[C@H]1c1ccccc1)c1ccccc1.C[C@H](NC(=O)N1C(=O)CC[C@H]1c1ccccc1)c1ccccc1. The summed E-state index contributed by atoms with van der Waals surface area (Å²) in [5.74, 6) is -0.228. The van der Waals surface area contributed by atoms with E-state index >= 15 is 0 Å². The first kappa shape index (κ1) is 32.2. The number of amides is 6. The van der Waals surface area contributed by atoms with Crippen molar-refractivity contribution < 1.29 is 19.2 Å². The zero-order valence-electron chi connectivity index (χ0n) is 26.2. The Morgan fingerprint density at radius 3 is 1.17 bits per heavy atom. The van der Waals surface area contributed by atoms with Crippen molar-refractivity contribution in [2.75, 3.05) is 0 Å². The van der Waals surface area contributed by atoms with Crippen LogP contribution in [-0.2, 0) is 9.59 Å². The molecule has 6 amide bonds. The number of nitrogens with one attached hydrogen (secondary N) is 2. The van der Waals surface area contributed by atoms with Crippen LogP contribution in [0.4, 0.5) is 9.59 Å². The Balaban J connectivity index is 0.000000181. The molecule has 8 heteroatoms. The molecule has 2 N–H and O–H groups in total. The number of rotatable bonds is 6. The van der Waals surface area contributed by atoms with Crippen molar-refractivity contribution in [2.24, 2.45) is 0 Å². The van der Waals surface area contributed by atoms with Crippen LogP contribution in [0.25, 0.3) is 0 Å². The van der Waals surface area contributed by atoms with Crippen molar-refractivity contribution in [3.05, 3.63) is 144 Å². The van der Waals surface area contributed by atoms with Crippen LogP contribution in [0.3, 0.4) is 0 Å². The van der Waals surface area contributed by atoms with Gasteiger partial charge in [0.25, 0.3) is 0 Å². The first-order valence-electron chi connectivity index (χ1n) is 15.8. The summed E-state index contributed by atoms with van der Waals surface area (Å²) in [5, 5.41) is 5.87. The van der Waals surface area contributed by atoms with Gasteiger partial charge in [-0.2, -0.15) is 0 Å². The second-order valence-corrected chi connectivity index (χ2v) is 11.6. The number of nitrogens with zero attached hydrogens (tertiary/aromatic N) is 2. The van der Waals surface area contributed by atoms with Crippen molar-refractivity contribution in [3.63, 3.8) is 0 Å². The van der Waals surface area contributed by atoms with Crippen LogP contribution in [0.15, 0.2) is 121 Å². The third-order valence-electron chi connectivity index (χ3n) is 8.51. The maximum Gasteiger partial charge on any atom is 0.325 e. The molecule has 4 aromatic carbocycles. The molecule has 0 aromatic heterocycles. The molecule has 2 aliphatic heterocycles. The fraction of sp³-hybridized carbons (Fsp3) is 0.263. The molecule has 2 aliphatic rings.